The van der Waals surface area contributed by atoms with E-state index in [0.717, 1.165) is 23.9 Å². The third-order valence-electron chi connectivity index (χ3n) is 5.86. The number of rotatable bonds is 4. The number of halogens is 1. The molecule has 7 heteroatoms. The Hall–Kier alpha value is -2.44. The van der Waals surface area contributed by atoms with Gasteiger partial charge in [0.15, 0.2) is 5.82 Å². The topological polar surface area (TPSA) is 57.7 Å². The summed E-state index contributed by atoms with van der Waals surface area (Å²) in [7, 11) is 0. The van der Waals surface area contributed by atoms with Crippen molar-refractivity contribution in [3.63, 3.8) is 0 Å². The van der Waals surface area contributed by atoms with E-state index in [1.165, 1.54) is 26.9 Å². The Morgan fingerprint density at radius 1 is 1.25 bits per heavy atom. The Morgan fingerprint density at radius 2 is 2.11 bits per heavy atom. The van der Waals surface area contributed by atoms with Crippen molar-refractivity contribution < 1.29 is 0 Å². The number of anilines is 1. The van der Waals surface area contributed by atoms with Crippen LogP contribution < -0.4 is 4.90 Å². The number of para-hydroxylation sites is 1. The molecule has 4 aromatic rings. The highest BCUT2D eigenvalue weighted by atomic mass is 35.5. The second-order valence-corrected chi connectivity index (χ2v) is 9.21. The molecule has 1 unspecified atom stereocenters. The molecule has 1 atom stereocenters. The van der Waals surface area contributed by atoms with Crippen molar-refractivity contribution in [1.82, 2.24) is 20.6 Å². The number of thiophene rings is 1. The molecule has 2 aromatic heterocycles. The van der Waals surface area contributed by atoms with Crippen molar-refractivity contribution >= 4 is 38.7 Å². The van der Waals surface area contributed by atoms with E-state index in [2.05, 4.69) is 81.1 Å². The monoisotopic (exact) mass is 409 g/mol. The average Bonchev–Trinajstić information content (AvgIpc) is 3.42. The van der Waals surface area contributed by atoms with Crippen LogP contribution in [0.3, 0.4) is 0 Å². The quantitative estimate of drug-likeness (QED) is 0.506. The summed E-state index contributed by atoms with van der Waals surface area (Å²) in [6, 6.07) is 14.8. The maximum absolute atomic E-state index is 6.25. The standard InChI is InChI=1S/C21H20ClN5S/c1-21(2,20-23-25-26-24-20)17-11-27(18-6-4-3-5-15(17)18)10-13-12-28-19-8-7-14(22)9-16(13)19/h3-9,12,17H,10-11H2,1-2H3,(H,23,24,25,26). The van der Waals surface area contributed by atoms with Gasteiger partial charge in [0, 0.05) is 39.8 Å². The van der Waals surface area contributed by atoms with Gasteiger partial charge < -0.3 is 4.90 Å². The van der Waals surface area contributed by atoms with Gasteiger partial charge in [-0.15, -0.1) is 16.4 Å². The molecule has 0 spiro atoms. The first kappa shape index (κ1) is 17.6. The third-order valence-corrected chi connectivity index (χ3v) is 7.11. The van der Waals surface area contributed by atoms with E-state index in [4.69, 9.17) is 11.6 Å². The number of H-pyrrole nitrogens is 1. The first-order chi connectivity index (χ1) is 13.5. The van der Waals surface area contributed by atoms with Crippen LogP contribution >= 0.6 is 22.9 Å². The maximum Gasteiger partial charge on any atom is 0.154 e. The molecule has 142 valence electrons. The molecule has 1 aliphatic heterocycles. The van der Waals surface area contributed by atoms with Gasteiger partial charge in [0.05, 0.1) is 0 Å². The highest BCUT2D eigenvalue weighted by Crippen LogP contribution is 2.47. The summed E-state index contributed by atoms with van der Waals surface area (Å²) < 4.78 is 1.27. The van der Waals surface area contributed by atoms with Crippen LogP contribution in [0.4, 0.5) is 5.69 Å². The molecule has 1 N–H and O–H groups in total. The van der Waals surface area contributed by atoms with E-state index in [9.17, 15) is 0 Å². The average molecular weight is 410 g/mol. The molecule has 0 radical (unpaired) electrons. The number of nitrogens with one attached hydrogen (secondary N) is 1. The molecular formula is C21H20ClN5S. The highest BCUT2D eigenvalue weighted by molar-refractivity contribution is 7.17. The van der Waals surface area contributed by atoms with Crippen LogP contribution in [0.25, 0.3) is 10.1 Å². The molecular weight excluding hydrogens is 390 g/mol. The van der Waals surface area contributed by atoms with Gasteiger partial charge in [-0.3, -0.25) is 0 Å². The molecule has 1 aliphatic rings. The van der Waals surface area contributed by atoms with Gasteiger partial charge in [-0.1, -0.05) is 43.6 Å². The predicted molar refractivity (Wildman–Crippen MR) is 114 cm³/mol. The molecule has 0 saturated heterocycles. The molecule has 0 saturated carbocycles. The van der Waals surface area contributed by atoms with Crippen LogP contribution in [0.15, 0.2) is 47.8 Å². The Labute approximate surface area is 172 Å². The van der Waals surface area contributed by atoms with E-state index in [-0.39, 0.29) is 5.41 Å². The Kier molecular flexibility index (Phi) is 4.14. The van der Waals surface area contributed by atoms with Crippen LogP contribution in [-0.4, -0.2) is 27.2 Å². The third kappa shape index (κ3) is 2.79. The first-order valence-corrected chi connectivity index (χ1v) is 10.5. The summed E-state index contributed by atoms with van der Waals surface area (Å²) in [5, 5.41) is 19.0. The zero-order chi connectivity index (χ0) is 19.3. The smallest absolute Gasteiger partial charge is 0.154 e. The summed E-state index contributed by atoms with van der Waals surface area (Å²) in [4.78, 5) is 2.47. The summed E-state index contributed by atoms with van der Waals surface area (Å²) in [5.74, 6) is 1.12. The van der Waals surface area contributed by atoms with Gasteiger partial charge in [-0.05, 0) is 56.6 Å². The molecule has 0 amide bonds. The number of hydrogen-bond acceptors (Lipinski definition) is 5. The fourth-order valence-corrected chi connectivity index (χ4v) is 5.34. The fourth-order valence-electron chi connectivity index (χ4n) is 4.23. The minimum Gasteiger partial charge on any atom is -0.366 e. The number of aromatic nitrogens is 4. The van der Waals surface area contributed by atoms with Crippen LogP contribution in [-0.2, 0) is 12.0 Å². The van der Waals surface area contributed by atoms with Gasteiger partial charge in [-0.25, -0.2) is 5.10 Å². The SMILES string of the molecule is CC(C)(c1nnn[nH]1)C1CN(Cc2csc3ccc(Cl)cc23)c2ccccc21. The maximum atomic E-state index is 6.25. The van der Waals surface area contributed by atoms with E-state index >= 15 is 0 Å². The zero-order valence-electron chi connectivity index (χ0n) is 15.7. The Balaban J connectivity index is 1.52. The van der Waals surface area contributed by atoms with Crippen LogP contribution in [0, 0.1) is 0 Å². The Morgan fingerprint density at radius 3 is 2.93 bits per heavy atom. The minimum atomic E-state index is -0.200. The normalized spacial score (nSPS) is 16.7. The highest BCUT2D eigenvalue weighted by Gasteiger charge is 2.42. The molecule has 2 aromatic carbocycles. The number of fused-ring (bicyclic) bond motifs is 2. The van der Waals surface area contributed by atoms with Crippen molar-refractivity contribution in [2.75, 3.05) is 11.4 Å². The summed E-state index contributed by atoms with van der Waals surface area (Å²) in [5.41, 5.74) is 3.75. The van der Waals surface area contributed by atoms with Crippen molar-refractivity contribution in [2.24, 2.45) is 0 Å². The summed E-state index contributed by atoms with van der Waals surface area (Å²) in [6.07, 6.45) is 0. The number of benzene rings is 2. The molecule has 5 nitrogen and oxygen atoms in total. The lowest BCUT2D eigenvalue weighted by atomic mass is 9.75. The fraction of sp³-hybridized carbons (Fsp3) is 0.286. The largest absolute Gasteiger partial charge is 0.366 e. The molecule has 0 fully saturated rings. The van der Waals surface area contributed by atoms with Crippen molar-refractivity contribution in [2.45, 2.75) is 31.7 Å². The molecule has 0 bridgehead atoms. The minimum absolute atomic E-state index is 0.200. The predicted octanol–water partition coefficient (Wildman–Crippen LogP) is 5.15. The number of aromatic amines is 1. The summed E-state index contributed by atoms with van der Waals surface area (Å²) >= 11 is 8.03. The van der Waals surface area contributed by atoms with Gasteiger partial charge in [0.2, 0.25) is 0 Å². The lowest BCUT2D eigenvalue weighted by Gasteiger charge is -2.29. The van der Waals surface area contributed by atoms with E-state index in [0.29, 0.717) is 5.92 Å². The van der Waals surface area contributed by atoms with E-state index in [1.807, 2.05) is 6.07 Å². The van der Waals surface area contributed by atoms with Crippen LogP contribution in [0.5, 0.6) is 0 Å². The van der Waals surface area contributed by atoms with Crippen molar-refractivity contribution in [1.29, 1.82) is 0 Å². The van der Waals surface area contributed by atoms with E-state index in [1.54, 1.807) is 11.3 Å². The number of hydrogen-bond donors (Lipinski definition) is 1. The molecule has 0 aliphatic carbocycles. The summed E-state index contributed by atoms with van der Waals surface area (Å²) in [6.45, 7) is 6.20. The second kappa shape index (κ2) is 6.57. The lowest BCUT2D eigenvalue weighted by molar-refractivity contribution is 0.401. The van der Waals surface area contributed by atoms with Crippen LogP contribution in [0.2, 0.25) is 5.02 Å². The van der Waals surface area contributed by atoms with Crippen molar-refractivity contribution in [3.8, 4) is 0 Å². The number of tetrazole rings is 1. The van der Waals surface area contributed by atoms with Gasteiger partial charge in [0.25, 0.3) is 0 Å². The number of nitrogens with zero attached hydrogens (tertiary/aromatic N) is 4. The lowest BCUT2D eigenvalue weighted by Crippen LogP contribution is -2.32. The Bertz CT molecular complexity index is 1130. The first-order valence-electron chi connectivity index (χ1n) is 9.28. The van der Waals surface area contributed by atoms with Gasteiger partial charge in [-0.2, -0.15) is 0 Å². The molecule has 3 heterocycles. The van der Waals surface area contributed by atoms with Crippen molar-refractivity contribution in [3.05, 3.63) is 69.8 Å². The van der Waals surface area contributed by atoms with Crippen LogP contribution in [0.1, 0.15) is 36.7 Å². The molecule has 28 heavy (non-hydrogen) atoms. The second-order valence-electron chi connectivity index (χ2n) is 7.86. The van der Waals surface area contributed by atoms with E-state index < -0.39 is 0 Å². The molecule has 5 rings (SSSR count). The van der Waals surface area contributed by atoms with Gasteiger partial charge >= 0.3 is 0 Å². The zero-order valence-corrected chi connectivity index (χ0v) is 17.3. The van der Waals surface area contributed by atoms with Gasteiger partial charge in [0.1, 0.15) is 0 Å².